The molecule has 76 valence electrons. The lowest BCUT2D eigenvalue weighted by Crippen LogP contribution is -2.22. The fourth-order valence-corrected chi connectivity index (χ4v) is 1.84. The van der Waals surface area contributed by atoms with E-state index in [0.29, 0.717) is 0 Å². The first-order chi connectivity index (χ1) is 7.04. The minimum absolute atomic E-state index is 0.00562. The molecule has 0 aromatic heterocycles. The lowest BCUT2D eigenvalue weighted by Gasteiger charge is -2.14. The SMILES string of the molecule is O=C1C(=O)c2c(Cl)cccc2C(O)=C1Cl. The number of aliphatic hydroxyl groups excluding tert-OH is 1. The molecule has 0 aliphatic heterocycles. The van der Waals surface area contributed by atoms with Gasteiger partial charge in [0.15, 0.2) is 0 Å². The first-order valence-corrected chi connectivity index (χ1v) is 4.76. The van der Waals surface area contributed by atoms with Gasteiger partial charge in [-0.15, -0.1) is 0 Å². The van der Waals surface area contributed by atoms with E-state index in [2.05, 4.69) is 0 Å². The van der Waals surface area contributed by atoms with Crippen molar-refractivity contribution in [3.63, 3.8) is 0 Å². The minimum atomic E-state index is -0.935. The lowest BCUT2D eigenvalue weighted by atomic mass is 9.94. The van der Waals surface area contributed by atoms with E-state index >= 15 is 0 Å². The molecule has 15 heavy (non-hydrogen) atoms. The van der Waals surface area contributed by atoms with Gasteiger partial charge in [-0.1, -0.05) is 35.3 Å². The lowest BCUT2D eigenvalue weighted by molar-refractivity contribution is -0.111. The van der Waals surface area contributed by atoms with Crippen LogP contribution in [0.15, 0.2) is 23.2 Å². The van der Waals surface area contributed by atoms with Gasteiger partial charge in [0.05, 0.1) is 10.6 Å². The van der Waals surface area contributed by atoms with Crippen LogP contribution in [0.25, 0.3) is 5.76 Å². The van der Waals surface area contributed by atoms with Crippen LogP contribution in [0.1, 0.15) is 15.9 Å². The number of fused-ring (bicyclic) bond motifs is 1. The Labute approximate surface area is 94.9 Å². The van der Waals surface area contributed by atoms with Crippen molar-refractivity contribution in [3.05, 3.63) is 39.4 Å². The number of allylic oxidation sites excluding steroid dienone is 1. The van der Waals surface area contributed by atoms with Gasteiger partial charge in [0.1, 0.15) is 10.8 Å². The van der Waals surface area contributed by atoms with E-state index in [4.69, 9.17) is 23.2 Å². The van der Waals surface area contributed by atoms with Gasteiger partial charge in [0.2, 0.25) is 11.6 Å². The molecule has 5 heteroatoms. The third-order valence-corrected chi connectivity index (χ3v) is 2.77. The quantitative estimate of drug-likeness (QED) is 0.712. The zero-order chi connectivity index (χ0) is 11.2. The molecule has 2 rings (SSSR count). The van der Waals surface area contributed by atoms with Crippen LogP contribution in [0, 0.1) is 0 Å². The molecule has 0 heterocycles. The minimum Gasteiger partial charge on any atom is -0.506 e. The maximum Gasteiger partial charge on any atom is 0.248 e. The predicted molar refractivity (Wildman–Crippen MR) is 56.2 cm³/mol. The van der Waals surface area contributed by atoms with Crippen LogP contribution in [-0.4, -0.2) is 16.7 Å². The first kappa shape index (κ1) is 10.2. The predicted octanol–water partition coefficient (Wildman–Crippen LogP) is 2.57. The summed E-state index contributed by atoms with van der Waals surface area (Å²) in [5.41, 5.74) is 0.197. The summed E-state index contributed by atoms with van der Waals surface area (Å²) < 4.78 is 0. The summed E-state index contributed by atoms with van der Waals surface area (Å²) >= 11 is 11.3. The molecule has 0 fully saturated rings. The van der Waals surface area contributed by atoms with Crippen molar-refractivity contribution in [2.75, 3.05) is 0 Å². The number of hydrogen-bond acceptors (Lipinski definition) is 3. The molecule has 0 bridgehead atoms. The highest BCUT2D eigenvalue weighted by Crippen LogP contribution is 2.33. The van der Waals surface area contributed by atoms with Gasteiger partial charge in [-0.3, -0.25) is 9.59 Å². The zero-order valence-corrected chi connectivity index (χ0v) is 8.76. The van der Waals surface area contributed by atoms with Gasteiger partial charge in [-0.05, 0) is 6.07 Å². The molecule has 0 amide bonds. The number of aliphatic hydroxyl groups is 1. The first-order valence-electron chi connectivity index (χ1n) is 4.00. The van der Waals surface area contributed by atoms with E-state index in [0.717, 1.165) is 0 Å². The average molecular weight is 243 g/mol. The standard InChI is InChI=1S/C10H4Cl2O3/c11-5-3-1-2-4-6(5)9(14)10(15)7(12)8(4)13/h1-3,13H. The molecular formula is C10H4Cl2O3. The second kappa shape index (κ2) is 3.36. The number of halogens is 2. The van der Waals surface area contributed by atoms with E-state index < -0.39 is 22.4 Å². The van der Waals surface area contributed by atoms with E-state index in [1.165, 1.54) is 12.1 Å². The maximum atomic E-state index is 11.5. The summed E-state index contributed by atoms with van der Waals surface area (Å²) in [5.74, 6) is -2.13. The number of carbonyl (C=O) groups excluding carboxylic acids is 2. The Hall–Kier alpha value is -1.32. The van der Waals surface area contributed by atoms with Gasteiger partial charge in [-0.25, -0.2) is 0 Å². The van der Waals surface area contributed by atoms with Crippen molar-refractivity contribution >= 4 is 40.5 Å². The molecule has 1 N–H and O–H groups in total. The summed E-state index contributed by atoms with van der Waals surface area (Å²) in [5, 5.41) is 9.22. The van der Waals surface area contributed by atoms with Crippen LogP contribution in [0.3, 0.4) is 0 Å². The van der Waals surface area contributed by atoms with Crippen LogP contribution < -0.4 is 0 Å². The molecule has 0 unspecified atom stereocenters. The summed E-state index contributed by atoms with van der Waals surface area (Å²) in [6.45, 7) is 0. The second-order valence-electron chi connectivity index (χ2n) is 2.98. The van der Waals surface area contributed by atoms with E-state index in [9.17, 15) is 14.7 Å². The molecule has 1 aliphatic rings. The Morgan fingerprint density at radius 1 is 1.07 bits per heavy atom. The number of benzene rings is 1. The molecule has 1 aromatic rings. The molecular weight excluding hydrogens is 239 g/mol. The normalized spacial score (nSPS) is 15.6. The van der Waals surface area contributed by atoms with Crippen LogP contribution in [0.2, 0.25) is 5.02 Å². The highest BCUT2D eigenvalue weighted by molar-refractivity contribution is 6.65. The highest BCUT2D eigenvalue weighted by Gasteiger charge is 2.33. The van der Waals surface area contributed by atoms with Crippen molar-refractivity contribution in [2.24, 2.45) is 0 Å². The summed E-state index contributed by atoms with van der Waals surface area (Å²) in [4.78, 5) is 22.8. The summed E-state index contributed by atoms with van der Waals surface area (Å²) in [6.07, 6.45) is 0. The molecule has 3 nitrogen and oxygen atoms in total. The smallest absolute Gasteiger partial charge is 0.248 e. The number of hydrogen-bond donors (Lipinski definition) is 1. The van der Waals surface area contributed by atoms with Gasteiger partial charge in [-0.2, -0.15) is 0 Å². The topological polar surface area (TPSA) is 54.4 Å². The summed E-state index contributed by atoms with van der Waals surface area (Å²) in [6, 6.07) is 4.51. The van der Waals surface area contributed by atoms with Gasteiger partial charge in [0, 0.05) is 5.56 Å². The van der Waals surface area contributed by atoms with Crippen molar-refractivity contribution in [1.29, 1.82) is 0 Å². The van der Waals surface area contributed by atoms with Gasteiger partial charge < -0.3 is 5.11 Å². The molecule has 0 spiro atoms. The number of carbonyl (C=O) groups is 2. The van der Waals surface area contributed by atoms with Crippen LogP contribution in [0.5, 0.6) is 0 Å². The Balaban J connectivity index is 2.84. The molecule has 0 saturated heterocycles. The monoisotopic (exact) mass is 242 g/mol. The highest BCUT2D eigenvalue weighted by atomic mass is 35.5. The number of rotatable bonds is 0. The van der Waals surface area contributed by atoms with Crippen molar-refractivity contribution in [1.82, 2.24) is 0 Å². The largest absolute Gasteiger partial charge is 0.506 e. The summed E-state index contributed by atoms with van der Waals surface area (Å²) in [7, 11) is 0. The third-order valence-electron chi connectivity index (χ3n) is 2.11. The van der Waals surface area contributed by atoms with Crippen LogP contribution >= 0.6 is 23.2 Å². The van der Waals surface area contributed by atoms with Gasteiger partial charge in [0.25, 0.3) is 0 Å². The molecule has 0 saturated carbocycles. The maximum absolute atomic E-state index is 11.5. The molecule has 1 aliphatic carbocycles. The second-order valence-corrected chi connectivity index (χ2v) is 3.77. The van der Waals surface area contributed by atoms with Crippen LogP contribution in [-0.2, 0) is 4.79 Å². The Bertz CT molecular complexity index is 517. The zero-order valence-electron chi connectivity index (χ0n) is 7.25. The Morgan fingerprint density at radius 3 is 2.40 bits per heavy atom. The van der Waals surface area contributed by atoms with Crippen molar-refractivity contribution in [2.45, 2.75) is 0 Å². The van der Waals surface area contributed by atoms with Crippen molar-refractivity contribution < 1.29 is 14.7 Å². The van der Waals surface area contributed by atoms with E-state index in [-0.39, 0.29) is 16.1 Å². The van der Waals surface area contributed by atoms with Crippen molar-refractivity contribution in [3.8, 4) is 0 Å². The fraction of sp³-hybridized carbons (Fsp3) is 0. The molecule has 0 radical (unpaired) electrons. The van der Waals surface area contributed by atoms with E-state index in [1.807, 2.05) is 0 Å². The van der Waals surface area contributed by atoms with Crippen LogP contribution in [0.4, 0.5) is 0 Å². The Morgan fingerprint density at radius 2 is 1.73 bits per heavy atom. The fourth-order valence-electron chi connectivity index (χ4n) is 1.39. The average Bonchev–Trinajstić information content (AvgIpc) is 2.23. The molecule has 1 aromatic carbocycles. The molecule has 0 atom stereocenters. The number of Topliss-reactive ketones (excluding diaryl/α,β-unsaturated/α-hetero) is 2. The van der Waals surface area contributed by atoms with E-state index in [1.54, 1.807) is 6.07 Å². The third kappa shape index (κ3) is 1.35. The van der Waals surface area contributed by atoms with Gasteiger partial charge >= 0.3 is 0 Å². The Kier molecular flexibility index (Phi) is 2.29. The number of ketones is 2.